The molecule has 0 radical (unpaired) electrons. The van der Waals surface area contributed by atoms with E-state index in [1.54, 1.807) is 0 Å². The lowest BCUT2D eigenvalue weighted by atomic mass is 10.2. The monoisotopic (exact) mass is 405 g/mol. The van der Waals surface area contributed by atoms with Crippen LogP contribution in [0.25, 0.3) is 11.0 Å². The minimum Gasteiger partial charge on any atom is -0.492 e. The van der Waals surface area contributed by atoms with Crippen molar-refractivity contribution in [3.8, 4) is 5.75 Å². The Labute approximate surface area is 174 Å². The lowest BCUT2D eigenvalue weighted by Gasteiger charge is -2.11. The zero-order valence-electron chi connectivity index (χ0n) is 16.3. The van der Waals surface area contributed by atoms with E-state index in [2.05, 4.69) is 22.9 Å². The first-order valence-electron chi connectivity index (χ1n) is 9.66. The predicted molar refractivity (Wildman–Crippen MR) is 117 cm³/mol. The summed E-state index contributed by atoms with van der Waals surface area (Å²) < 4.78 is 8.09. The Morgan fingerprint density at radius 2 is 1.93 bits per heavy atom. The summed E-state index contributed by atoms with van der Waals surface area (Å²) in [6, 6.07) is 19.9. The lowest BCUT2D eigenvalue weighted by molar-refractivity contribution is 0.0958. The first kappa shape index (κ1) is 19.2. The average molecular weight is 406 g/mol. The van der Waals surface area contributed by atoms with Crippen molar-refractivity contribution in [1.29, 1.82) is 0 Å². The summed E-state index contributed by atoms with van der Waals surface area (Å²) in [7, 11) is 0. The summed E-state index contributed by atoms with van der Waals surface area (Å²) in [5.74, 6) is 1.78. The van der Waals surface area contributed by atoms with Gasteiger partial charge < -0.3 is 14.6 Å². The Balaban J connectivity index is 1.42. The van der Waals surface area contributed by atoms with E-state index in [4.69, 9.17) is 9.72 Å². The molecule has 0 unspecified atom stereocenters. The van der Waals surface area contributed by atoms with Crippen molar-refractivity contribution >= 4 is 28.3 Å². The van der Waals surface area contributed by atoms with Crippen LogP contribution in [0.15, 0.2) is 66.0 Å². The summed E-state index contributed by atoms with van der Waals surface area (Å²) in [5, 5.41) is 4.88. The van der Waals surface area contributed by atoms with Gasteiger partial charge in [0, 0.05) is 13.0 Å². The molecule has 29 heavy (non-hydrogen) atoms. The molecule has 6 heteroatoms. The molecule has 2 heterocycles. The number of nitrogens with one attached hydrogen (secondary N) is 1. The van der Waals surface area contributed by atoms with E-state index in [0.717, 1.165) is 27.5 Å². The van der Waals surface area contributed by atoms with E-state index >= 15 is 0 Å². The quantitative estimate of drug-likeness (QED) is 0.471. The van der Waals surface area contributed by atoms with Gasteiger partial charge in [-0.3, -0.25) is 4.79 Å². The minimum absolute atomic E-state index is 0.0367. The molecule has 0 aliphatic carbocycles. The van der Waals surface area contributed by atoms with Crippen molar-refractivity contribution in [2.75, 3.05) is 13.2 Å². The minimum atomic E-state index is -0.0367. The van der Waals surface area contributed by atoms with Crippen molar-refractivity contribution in [1.82, 2.24) is 14.9 Å². The molecule has 0 saturated heterocycles. The van der Waals surface area contributed by atoms with Gasteiger partial charge in [-0.2, -0.15) is 0 Å². The Morgan fingerprint density at radius 1 is 1.10 bits per heavy atom. The maximum Gasteiger partial charge on any atom is 0.261 e. The molecule has 2 aromatic carbocycles. The van der Waals surface area contributed by atoms with Crippen molar-refractivity contribution in [3.63, 3.8) is 0 Å². The number of rotatable bonds is 8. The highest BCUT2D eigenvalue weighted by molar-refractivity contribution is 7.12. The normalized spacial score (nSPS) is 10.9. The third kappa shape index (κ3) is 4.66. The zero-order chi connectivity index (χ0) is 20.1. The van der Waals surface area contributed by atoms with Crippen LogP contribution < -0.4 is 10.1 Å². The number of fused-ring (bicyclic) bond motifs is 1. The molecule has 0 spiro atoms. The van der Waals surface area contributed by atoms with Crippen molar-refractivity contribution in [2.45, 2.75) is 19.9 Å². The van der Waals surface area contributed by atoms with E-state index in [1.165, 1.54) is 16.9 Å². The topological polar surface area (TPSA) is 56.1 Å². The maximum absolute atomic E-state index is 12.2. The van der Waals surface area contributed by atoms with Gasteiger partial charge in [0.25, 0.3) is 5.91 Å². The summed E-state index contributed by atoms with van der Waals surface area (Å²) in [6.45, 7) is 3.85. The number of para-hydroxylation sites is 2. The van der Waals surface area contributed by atoms with Gasteiger partial charge in [0.1, 0.15) is 18.2 Å². The fraction of sp³-hybridized carbons (Fsp3) is 0.217. The standard InChI is InChI=1S/C23H23N3O2S/c1-17-8-10-18(11-9-17)28-15-14-26-20-6-3-2-5-19(20)25-22(26)12-13-24-23(27)21-7-4-16-29-21/h2-11,16H,12-15H2,1H3,(H,24,27). The van der Waals surface area contributed by atoms with Crippen LogP contribution in [0, 0.1) is 6.92 Å². The number of hydrogen-bond acceptors (Lipinski definition) is 4. The third-order valence-electron chi connectivity index (χ3n) is 4.72. The Bertz CT molecular complexity index is 1090. The molecular weight excluding hydrogens is 382 g/mol. The van der Waals surface area contributed by atoms with E-state index < -0.39 is 0 Å². The highest BCUT2D eigenvalue weighted by Gasteiger charge is 2.12. The van der Waals surface area contributed by atoms with Gasteiger partial charge >= 0.3 is 0 Å². The Kier molecular flexibility index (Phi) is 5.91. The number of ether oxygens (including phenoxy) is 1. The third-order valence-corrected chi connectivity index (χ3v) is 5.59. The summed E-state index contributed by atoms with van der Waals surface area (Å²) in [5.41, 5.74) is 3.26. The average Bonchev–Trinajstić information content (AvgIpc) is 3.38. The number of aryl methyl sites for hydroxylation is 1. The lowest BCUT2D eigenvalue weighted by Crippen LogP contribution is -2.26. The molecule has 0 aliphatic rings. The van der Waals surface area contributed by atoms with Crippen LogP contribution in [0.2, 0.25) is 0 Å². The first-order chi connectivity index (χ1) is 14.2. The van der Waals surface area contributed by atoms with Crippen LogP contribution in [0.5, 0.6) is 5.75 Å². The van der Waals surface area contributed by atoms with Gasteiger partial charge in [-0.15, -0.1) is 11.3 Å². The van der Waals surface area contributed by atoms with Crippen LogP contribution in [-0.4, -0.2) is 28.6 Å². The highest BCUT2D eigenvalue weighted by Crippen LogP contribution is 2.17. The molecule has 0 fully saturated rings. The number of carbonyl (C=O) groups excluding carboxylic acids is 1. The van der Waals surface area contributed by atoms with E-state index in [0.29, 0.717) is 26.1 Å². The van der Waals surface area contributed by atoms with Crippen LogP contribution in [0.4, 0.5) is 0 Å². The highest BCUT2D eigenvalue weighted by atomic mass is 32.1. The van der Waals surface area contributed by atoms with Gasteiger partial charge in [-0.05, 0) is 42.6 Å². The molecule has 0 bridgehead atoms. The molecule has 0 atom stereocenters. The molecule has 0 aliphatic heterocycles. The van der Waals surface area contributed by atoms with E-state index in [9.17, 15) is 4.79 Å². The van der Waals surface area contributed by atoms with Gasteiger partial charge in [0.2, 0.25) is 0 Å². The molecule has 2 aromatic heterocycles. The van der Waals surface area contributed by atoms with Gasteiger partial charge in [0.05, 0.1) is 22.5 Å². The first-order valence-corrected chi connectivity index (χ1v) is 10.5. The molecule has 1 N–H and O–H groups in total. The van der Waals surface area contributed by atoms with Crippen molar-refractivity contribution in [3.05, 3.63) is 82.3 Å². The second-order valence-electron chi connectivity index (χ2n) is 6.81. The van der Waals surface area contributed by atoms with Gasteiger partial charge in [-0.25, -0.2) is 4.98 Å². The number of nitrogens with zero attached hydrogens (tertiary/aromatic N) is 2. The Morgan fingerprint density at radius 3 is 2.72 bits per heavy atom. The number of thiophene rings is 1. The Hall–Kier alpha value is -3.12. The van der Waals surface area contributed by atoms with Crippen LogP contribution in [0.3, 0.4) is 0 Å². The second kappa shape index (κ2) is 8.92. The van der Waals surface area contributed by atoms with Crippen LogP contribution in [-0.2, 0) is 13.0 Å². The molecular formula is C23H23N3O2S. The van der Waals surface area contributed by atoms with Crippen LogP contribution >= 0.6 is 11.3 Å². The van der Waals surface area contributed by atoms with Gasteiger partial charge in [-0.1, -0.05) is 35.9 Å². The van der Waals surface area contributed by atoms with Crippen LogP contribution in [0.1, 0.15) is 21.1 Å². The van der Waals surface area contributed by atoms with E-state index in [-0.39, 0.29) is 5.91 Å². The number of amides is 1. The number of benzene rings is 2. The molecule has 4 rings (SSSR count). The fourth-order valence-corrected chi connectivity index (χ4v) is 3.88. The van der Waals surface area contributed by atoms with Gasteiger partial charge in [0.15, 0.2) is 0 Å². The fourth-order valence-electron chi connectivity index (χ4n) is 3.24. The van der Waals surface area contributed by atoms with Crippen molar-refractivity contribution < 1.29 is 9.53 Å². The number of hydrogen-bond donors (Lipinski definition) is 1. The summed E-state index contributed by atoms with van der Waals surface area (Å²) >= 11 is 1.44. The largest absolute Gasteiger partial charge is 0.492 e. The second-order valence-corrected chi connectivity index (χ2v) is 7.76. The summed E-state index contributed by atoms with van der Waals surface area (Å²) in [4.78, 5) is 17.7. The zero-order valence-corrected chi connectivity index (χ0v) is 17.1. The SMILES string of the molecule is Cc1ccc(OCCn2c(CCNC(=O)c3cccs3)nc3ccccc32)cc1. The molecule has 5 nitrogen and oxygen atoms in total. The smallest absolute Gasteiger partial charge is 0.261 e. The molecule has 148 valence electrons. The van der Waals surface area contributed by atoms with E-state index in [1.807, 2.05) is 60.0 Å². The molecule has 4 aromatic rings. The number of carbonyl (C=O) groups is 1. The predicted octanol–water partition coefficient (Wildman–Crippen LogP) is 4.46. The molecule has 0 saturated carbocycles. The molecule has 1 amide bonds. The number of imidazole rings is 1. The number of aromatic nitrogens is 2. The van der Waals surface area contributed by atoms with Crippen molar-refractivity contribution in [2.24, 2.45) is 0 Å². The summed E-state index contributed by atoms with van der Waals surface area (Å²) in [6.07, 6.45) is 0.663. The maximum atomic E-state index is 12.2.